The average Bonchev–Trinajstić information content (AvgIpc) is 3.06. The molecule has 2 fully saturated rings. The molecule has 0 spiro atoms. The Kier molecular flexibility index (Phi) is 3.75. The van der Waals surface area contributed by atoms with Gasteiger partial charge >= 0.3 is 0 Å². The summed E-state index contributed by atoms with van der Waals surface area (Å²) >= 11 is 0. The summed E-state index contributed by atoms with van der Waals surface area (Å²) in [4.78, 5) is 2.49. The number of hydrogen-bond donors (Lipinski definition) is 1. The Labute approximate surface area is 105 Å². The van der Waals surface area contributed by atoms with Gasteiger partial charge in [0.25, 0.3) is 0 Å². The number of hydrogen-bond acceptors (Lipinski definition) is 3. The van der Waals surface area contributed by atoms with Crippen LogP contribution in [0.15, 0.2) is 0 Å². The van der Waals surface area contributed by atoms with Crippen molar-refractivity contribution in [2.75, 3.05) is 26.7 Å². The molecule has 0 amide bonds. The van der Waals surface area contributed by atoms with Crippen molar-refractivity contribution in [1.29, 1.82) is 5.26 Å². The second kappa shape index (κ2) is 4.96. The van der Waals surface area contributed by atoms with E-state index >= 15 is 0 Å². The SMILES string of the molecule is CNC(C#N)(CN1CCC(C(C)C)C1)C1CC1. The zero-order valence-corrected chi connectivity index (χ0v) is 11.4. The van der Waals surface area contributed by atoms with Gasteiger partial charge in [-0.2, -0.15) is 5.26 Å². The van der Waals surface area contributed by atoms with E-state index in [-0.39, 0.29) is 5.54 Å². The van der Waals surface area contributed by atoms with Crippen LogP contribution in [0.2, 0.25) is 0 Å². The first kappa shape index (κ1) is 12.9. The Morgan fingerprint density at radius 3 is 2.53 bits per heavy atom. The van der Waals surface area contributed by atoms with Gasteiger partial charge < -0.3 is 10.2 Å². The highest BCUT2D eigenvalue weighted by atomic mass is 15.2. The summed E-state index contributed by atoms with van der Waals surface area (Å²) in [7, 11) is 1.94. The summed E-state index contributed by atoms with van der Waals surface area (Å²) in [5.74, 6) is 2.17. The molecule has 1 aliphatic carbocycles. The van der Waals surface area contributed by atoms with Gasteiger partial charge in [0.2, 0.25) is 0 Å². The van der Waals surface area contributed by atoms with Gasteiger partial charge in [0, 0.05) is 13.1 Å². The molecule has 17 heavy (non-hydrogen) atoms. The van der Waals surface area contributed by atoms with Crippen LogP contribution in [0.1, 0.15) is 33.1 Å². The Bertz CT molecular complexity index is 303. The molecular formula is C14H25N3. The van der Waals surface area contributed by atoms with E-state index in [1.807, 2.05) is 7.05 Å². The molecule has 0 aromatic heterocycles. The summed E-state index contributed by atoms with van der Waals surface area (Å²) in [6.45, 7) is 7.87. The molecule has 1 saturated heterocycles. The molecule has 96 valence electrons. The molecule has 2 atom stereocenters. The standard InChI is InChI=1S/C14H25N3/c1-11(2)12-6-7-17(8-12)10-14(9-15,16-3)13-4-5-13/h11-13,16H,4-8,10H2,1-3H3. The summed E-state index contributed by atoms with van der Waals surface area (Å²) < 4.78 is 0. The highest BCUT2D eigenvalue weighted by Crippen LogP contribution is 2.40. The van der Waals surface area contributed by atoms with Gasteiger partial charge in [0.15, 0.2) is 0 Å². The van der Waals surface area contributed by atoms with Crippen LogP contribution in [0, 0.1) is 29.1 Å². The van der Waals surface area contributed by atoms with E-state index in [0.29, 0.717) is 5.92 Å². The van der Waals surface area contributed by atoms with E-state index in [1.165, 1.54) is 32.4 Å². The van der Waals surface area contributed by atoms with E-state index in [2.05, 4.69) is 30.1 Å². The lowest BCUT2D eigenvalue weighted by Gasteiger charge is -2.31. The Balaban J connectivity index is 1.94. The molecular weight excluding hydrogens is 210 g/mol. The van der Waals surface area contributed by atoms with E-state index in [9.17, 15) is 5.26 Å². The number of likely N-dealkylation sites (N-methyl/N-ethyl adjacent to an activating group) is 1. The second-order valence-electron chi connectivity index (χ2n) is 6.14. The van der Waals surface area contributed by atoms with Crippen molar-refractivity contribution in [3.8, 4) is 6.07 Å². The van der Waals surface area contributed by atoms with Crippen LogP contribution in [0.3, 0.4) is 0 Å². The molecule has 3 heteroatoms. The van der Waals surface area contributed by atoms with Crippen molar-refractivity contribution in [3.05, 3.63) is 0 Å². The summed E-state index contributed by atoms with van der Waals surface area (Å²) in [5.41, 5.74) is -0.286. The second-order valence-corrected chi connectivity index (χ2v) is 6.14. The van der Waals surface area contributed by atoms with Crippen LogP contribution in [-0.2, 0) is 0 Å². The minimum Gasteiger partial charge on any atom is -0.301 e. The highest BCUT2D eigenvalue weighted by Gasteiger charge is 2.46. The lowest BCUT2D eigenvalue weighted by molar-refractivity contribution is 0.224. The maximum absolute atomic E-state index is 9.48. The minimum absolute atomic E-state index is 0.286. The average molecular weight is 235 g/mol. The van der Waals surface area contributed by atoms with Crippen molar-refractivity contribution in [2.45, 2.75) is 38.6 Å². The van der Waals surface area contributed by atoms with Crippen LogP contribution in [0.4, 0.5) is 0 Å². The van der Waals surface area contributed by atoms with E-state index in [1.54, 1.807) is 0 Å². The lowest BCUT2D eigenvalue weighted by atomic mass is 9.94. The minimum atomic E-state index is -0.286. The van der Waals surface area contributed by atoms with Crippen LogP contribution >= 0.6 is 0 Å². The van der Waals surface area contributed by atoms with Crippen LogP contribution in [-0.4, -0.2) is 37.1 Å². The topological polar surface area (TPSA) is 39.1 Å². The highest BCUT2D eigenvalue weighted by molar-refractivity contribution is 5.16. The third-order valence-corrected chi connectivity index (χ3v) is 4.64. The zero-order valence-electron chi connectivity index (χ0n) is 11.4. The summed E-state index contributed by atoms with van der Waals surface area (Å²) in [5, 5.41) is 12.8. The van der Waals surface area contributed by atoms with E-state index < -0.39 is 0 Å². The predicted molar refractivity (Wildman–Crippen MR) is 69.5 cm³/mol. The number of nitrogens with one attached hydrogen (secondary N) is 1. The van der Waals surface area contributed by atoms with E-state index in [4.69, 9.17) is 0 Å². The van der Waals surface area contributed by atoms with Gasteiger partial charge in [0.1, 0.15) is 5.54 Å². The fourth-order valence-corrected chi connectivity index (χ4v) is 3.07. The fraction of sp³-hybridized carbons (Fsp3) is 0.929. The van der Waals surface area contributed by atoms with Crippen LogP contribution in [0.5, 0.6) is 0 Å². The smallest absolute Gasteiger partial charge is 0.122 e. The first-order valence-electron chi connectivity index (χ1n) is 6.94. The molecule has 1 aliphatic heterocycles. The van der Waals surface area contributed by atoms with Gasteiger partial charge in [-0.25, -0.2) is 0 Å². The number of likely N-dealkylation sites (tertiary alicyclic amines) is 1. The first-order valence-corrected chi connectivity index (χ1v) is 6.94. The Morgan fingerprint density at radius 2 is 2.12 bits per heavy atom. The van der Waals surface area contributed by atoms with E-state index in [0.717, 1.165) is 18.4 Å². The molecule has 0 radical (unpaired) electrons. The molecule has 1 N–H and O–H groups in total. The molecule has 1 saturated carbocycles. The quantitative estimate of drug-likeness (QED) is 0.790. The molecule has 3 nitrogen and oxygen atoms in total. The third-order valence-electron chi connectivity index (χ3n) is 4.64. The number of nitriles is 1. The number of nitrogens with zero attached hydrogens (tertiary/aromatic N) is 2. The maximum Gasteiger partial charge on any atom is 0.122 e. The molecule has 0 aromatic rings. The molecule has 0 aromatic carbocycles. The van der Waals surface area contributed by atoms with Gasteiger partial charge in [-0.05, 0) is 50.6 Å². The van der Waals surface area contributed by atoms with Gasteiger partial charge in [-0.3, -0.25) is 0 Å². The Hall–Kier alpha value is -0.590. The van der Waals surface area contributed by atoms with Gasteiger partial charge in [-0.15, -0.1) is 0 Å². The van der Waals surface area contributed by atoms with Gasteiger partial charge in [0.05, 0.1) is 6.07 Å². The van der Waals surface area contributed by atoms with Crippen molar-refractivity contribution >= 4 is 0 Å². The Morgan fingerprint density at radius 1 is 1.41 bits per heavy atom. The molecule has 0 bridgehead atoms. The summed E-state index contributed by atoms with van der Waals surface area (Å²) in [6, 6.07) is 2.55. The van der Waals surface area contributed by atoms with Crippen molar-refractivity contribution in [1.82, 2.24) is 10.2 Å². The van der Waals surface area contributed by atoms with Crippen LogP contribution < -0.4 is 5.32 Å². The zero-order chi connectivity index (χ0) is 12.5. The van der Waals surface area contributed by atoms with Crippen molar-refractivity contribution in [2.24, 2.45) is 17.8 Å². The van der Waals surface area contributed by atoms with Gasteiger partial charge in [-0.1, -0.05) is 13.8 Å². The summed E-state index contributed by atoms with van der Waals surface area (Å²) in [6.07, 6.45) is 3.74. The van der Waals surface area contributed by atoms with Crippen molar-refractivity contribution < 1.29 is 0 Å². The molecule has 2 rings (SSSR count). The molecule has 1 heterocycles. The lowest BCUT2D eigenvalue weighted by Crippen LogP contribution is -2.52. The van der Waals surface area contributed by atoms with Crippen LogP contribution in [0.25, 0.3) is 0 Å². The third kappa shape index (κ3) is 2.64. The van der Waals surface area contributed by atoms with Crippen molar-refractivity contribution in [3.63, 3.8) is 0 Å². The first-order chi connectivity index (χ1) is 8.11. The number of rotatable bonds is 5. The fourth-order valence-electron chi connectivity index (χ4n) is 3.07. The monoisotopic (exact) mass is 235 g/mol. The largest absolute Gasteiger partial charge is 0.301 e. The molecule has 2 unspecified atom stereocenters. The maximum atomic E-state index is 9.48. The molecule has 2 aliphatic rings. The predicted octanol–water partition coefficient (Wildman–Crippen LogP) is 1.86. The normalized spacial score (nSPS) is 29.2.